The van der Waals surface area contributed by atoms with Crippen LogP contribution in [0.15, 0.2) is 36.4 Å². The lowest BCUT2D eigenvalue weighted by Crippen LogP contribution is -2.15. The highest BCUT2D eigenvalue weighted by atomic mass is 19.2. The SMILES string of the molecule is O=C(Nc1c(O)cccc1[N+](=O)[O-])c1cccc(F)c1F. The number of rotatable bonds is 3. The zero-order valence-electron chi connectivity index (χ0n) is 10.3. The van der Waals surface area contributed by atoms with Gasteiger partial charge in [-0.1, -0.05) is 12.1 Å². The molecule has 2 aromatic carbocycles. The van der Waals surface area contributed by atoms with Gasteiger partial charge in [-0.15, -0.1) is 0 Å². The van der Waals surface area contributed by atoms with E-state index in [1.807, 2.05) is 5.32 Å². The van der Waals surface area contributed by atoms with E-state index in [-0.39, 0.29) is 0 Å². The first-order valence-electron chi connectivity index (χ1n) is 5.63. The zero-order chi connectivity index (χ0) is 15.6. The van der Waals surface area contributed by atoms with E-state index in [2.05, 4.69) is 0 Å². The number of carbonyl (C=O) groups is 1. The number of hydrogen-bond acceptors (Lipinski definition) is 4. The highest BCUT2D eigenvalue weighted by molar-refractivity contribution is 6.06. The van der Waals surface area contributed by atoms with Crippen molar-refractivity contribution in [3.05, 3.63) is 63.7 Å². The minimum atomic E-state index is -1.38. The second kappa shape index (κ2) is 5.53. The number of halogens is 2. The fraction of sp³-hybridized carbons (Fsp3) is 0. The highest BCUT2D eigenvalue weighted by Gasteiger charge is 2.22. The van der Waals surface area contributed by atoms with E-state index in [9.17, 15) is 28.8 Å². The molecule has 0 aliphatic carbocycles. The van der Waals surface area contributed by atoms with Crippen LogP contribution in [0.1, 0.15) is 10.4 Å². The molecule has 6 nitrogen and oxygen atoms in total. The molecule has 2 aromatic rings. The van der Waals surface area contributed by atoms with Gasteiger partial charge in [0, 0.05) is 6.07 Å². The van der Waals surface area contributed by atoms with Gasteiger partial charge in [-0.3, -0.25) is 14.9 Å². The summed E-state index contributed by atoms with van der Waals surface area (Å²) in [4.78, 5) is 21.9. The van der Waals surface area contributed by atoms with Crippen LogP contribution < -0.4 is 5.32 Å². The fourth-order valence-corrected chi connectivity index (χ4v) is 1.67. The Morgan fingerprint density at radius 2 is 1.86 bits per heavy atom. The predicted molar refractivity (Wildman–Crippen MR) is 69.1 cm³/mol. The molecular weight excluding hydrogens is 286 g/mol. The topological polar surface area (TPSA) is 92.5 Å². The highest BCUT2D eigenvalue weighted by Crippen LogP contribution is 2.33. The maximum atomic E-state index is 13.5. The quantitative estimate of drug-likeness (QED) is 0.517. The van der Waals surface area contributed by atoms with Crippen molar-refractivity contribution in [2.24, 2.45) is 0 Å². The molecule has 2 N–H and O–H groups in total. The lowest BCUT2D eigenvalue weighted by Gasteiger charge is -2.08. The molecule has 1 amide bonds. The van der Waals surface area contributed by atoms with Crippen molar-refractivity contribution in [2.45, 2.75) is 0 Å². The molecule has 0 fully saturated rings. The van der Waals surface area contributed by atoms with Crippen LogP contribution in [0, 0.1) is 21.7 Å². The van der Waals surface area contributed by atoms with Gasteiger partial charge in [-0.25, -0.2) is 8.78 Å². The van der Waals surface area contributed by atoms with Gasteiger partial charge in [0.05, 0.1) is 10.5 Å². The molecule has 0 aliphatic heterocycles. The van der Waals surface area contributed by atoms with Gasteiger partial charge in [-0.05, 0) is 18.2 Å². The summed E-state index contributed by atoms with van der Waals surface area (Å²) in [6.07, 6.45) is 0. The Kier molecular flexibility index (Phi) is 3.79. The summed E-state index contributed by atoms with van der Waals surface area (Å²) in [7, 11) is 0. The second-order valence-corrected chi connectivity index (χ2v) is 3.98. The van der Waals surface area contributed by atoms with Crippen LogP contribution in [0.5, 0.6) is 5.75 Å². The maximum Gasteiger partial charge on any atom is 0.296 e. The van der Waals surface area contributed by atoms with Crippen LogP contribution in [0.25, 0.3) is 0 Å². The first kappa shape index (κ1) is 14.4. The Morgan fingerprint density at radius 1 is 1.19 bits per heavy atom. The number of nitro benzene ring substituents is 1. The predicted octanol–water partition coefficient (Wildman–Crippen LogP) is 2.83. The standard InChI is InChI=1S/C13H8F2N2O4/c14-8-4-1-3-7(11(8)15)13(19)16-12-9(17(20)21)5-2-6-10(12)18/h1-6,18H,(H,16,19). The summed E-state index contributed by atoms with van der Waals surface area (Å²) < 4.78 is 26.5. The summed E-state index contributed by atoms with van der Waals surface area (Å²) in [5, 5.41) is 22.4. The van der Waals surface area contributed by atoms with Crippen molar-refractivity contribution in [3.63, 3.8) is 0 Å². The van der Waals surface area contributed by atoms with Crippen molar-refractivity contribution in [1.29, 1.82) is 0 Å². The Balaban J connectivity index is 2.41. The monoisotopic (exact) mass is 294 g/mol. The lowest BCUT2D eigenvalue weighted by atomic mass is 10.1. The second-order valence-electron chi connectivity index (χ2n) is 3.98. The van der Waals surface area contributed by atoms with Gasteiger partial charge < -0.3 is 10.4 Å². The van der Waals surface area contributed by atoms with Crippen molar-refractivity contribution < 1.29 is 23.6 Å². The molecule has 0 aliphatic rings. The molecule has 8 heteroatoms. The molecule has 0 aromatic heterocycles. The van der Waals surface area contributed by atoms with Gasteiger partial charge in [0.15, 0.2) is 17.3 Å². The van der Waals surface area contributed by atoms with E-state index in [1.165, 1.54) is 6.07 Å². The number of aromatic hydroxyl groups is 1. The summed E-state index contributed by atoms with van der Waals surface area (Å²) in [5.74, 6) is -4.28. The van der Waals surface area contributed by atoms with Crippen LogP contribution in [0.4, 0.5) is 20.2 Å². The maximum absolute atomic E-state index is 13.5. The van der Waals surface area contributed by atoms with Gasteiger partial charge in [0.2, 0.25) is 0 Å². The third-order valence-electron chi connectivity index (χ3n) is 2.65. The Morgan fingerprint density at radius 3 is 2.52 bits per heavy atom. The number of nitrogens with zero attached hydrogens (tertiary/aromatic N) is 1. The number of nitro groups is 1. The normalized spacial score (nSPS) is 10.2. The van der Waals surface area contributed by atoms with Crippen LogP contribution in [0.3, 0.4) is 0 Å². The summed E-state index contributed by atoms with van der Waals surface area (Å²) in [6.45, 7) is 0. The van der Waals surface area contributed by atoms with E-state index in [1.54, 1.807) is 0 Å². The largest absolute Gasteiger partial charge is 0.505 e. The molecule has 21 heavy (non-hydrogen) atoms. The molecule has 0 saturated carbocycles. The van der Waals surface area contributed by atoms with Crippen LogP contribution in [-0.2, 0) is 0 Å². The fourth-order valence-electron chi connectivity index (χ4n) is 1.67. The molecule has 2 rings (SSSR count). The van der Waals surface area contributed by atoms with Crippen molar-refractivity contribution >= 4 is 17.3 Å². The number of phenolic OH excluding ortho intramolecular Hbond substituents is 1. The number of carbonyl (C=O) groups excluding carboxylic acids is 1. The molecule has 0 heterocycles. The minimum Gasteiger partial charge on any atom is -0.505 e. The molecule has 0 saturated heterocycles. The van der Waals surface area contributed by atoms with Gasteiger partial charge >= 0.3 is 0 Å². The van der Waals surface area contributed by atoms with Crippen LogP contribution in [-0.4, -0.2) is 15.9 Å². The van der Waals surface area contributed by atoms with Gasteiger partial charge in [-0.2, -0.15) is 0 Å². The summed E-state index contributed by atoms with van der Waals surface area (Å²) >= 11 is 0. The minimum absolute atomic E-state index is 0.490. The first-order chi connectivity index (χ1) is 9.91. The zero-order valence-corrected chi connectivity index (χ0v) is 10.3. The molecule has 0 radical (unpaired) electrons. The smallest absolute Gasteiger partial charge is 0.296 e. The van der Waals surface area contributed by atoms with Crippen molar-refractivity contribution in [1.82, 2.24) is 0 Å². The van der Waals surface area contributed by atoms with E-state index in [4.69, 9.17) is 0 Å². The Hall–Kier alpha value is -3.03. The Labute approximate surface area is 116 Å². The molecular formula is C13H8F2N2O4. The number of phenols is 1. The molecule has 108 valence electrons. The lowest BCUT2D eigenvalue weighted by molar-refractivity contribution is -0.384. The average molecular weight is 294 g/mol. The number of amides is 1. The van der Waals surface area contributed by atoms with Gasteiger partial charge in [0.1, 0.15) is 5.75 Å². The van der Waals surface area contributed by atoms with E-state index in [0.29, 0.717) is 0 Å². The number of anilines is 1. The average Bonchev–Trinajstić information content (AvgIpc) is 2.43. The van der Waals surface area contributed by atoms with E-state index in [0.717, 1.165) is 30.3 Å². The molecule has 0 bridgehead atoms. The van der Waals surface area contributed by atoms with Crippen molar-refractivity contribution in [3.8, 4) is 5.75 Å². The molecule has 0 unspecified atom stereocenters. The first-order valence-corrected chi connectivity index (χ1v) is 5.63. The van der Waals surface area contributed by atoms with E-state index >= 15 is 0 Å². The van der Waals surface area contributed by atoms with E-state index < -0.39 is 45.2 Å². The number of nitrogens with one attached hydrogen (secondary N) is 1. The summed E-state index contributed by atoms with van der Waals surface area (Å²) in [5.41, 5.74) is -1.69. The third-order valence-corrected chi connectivity index (χ3v) is 2.65. The number of para-hydroxylation sites is 1. The van der Waals surface area contributed by atoms with Crippen LogP contribution in [0.2, 0.25) is 0 Å². The Bertz CT molecular complexity index is 734. The summed E-state index contributed by atoms with van der Waals surface area (Å²) in [6, 6.07) is 6.34. The van der Waals surface area contributed by atoms with Crippen molar-refractivity contribution in [2.75, 3.05) is 5.32 Å². The molecule has 0 spiro atoms. The van der Waals surface area contributed by atoms with Gasteiger partial charge in [0.25, 0.3) is 11.6 Å². The number of hydrogen-bond donors (Lipinski definition) is 2. The number of benzene rings is 2. The van der Waals surface area contributed by atoms with Crippen LogP contribution >= 0.6 is 0 Å². The molecule has 0 atom stereocenters. The third kappa shape index (κ3) is 2.78.